The van der Waals surface area contributed by atoms with Crippen LogP contribution in [-0.2, 0) is 29.6 Å². The van der Waals surface area contributed by atoms with E-state index >= 15 is 0 Å². The number of imidazole rings is 1. The zero-order chi connectivity index (χ0) is 19.7. The molecule has 8 heteroatoms. The quantitative estimate of drug-likeness (QED) is 0.643. The summed E-state index contributed by atoms with van der Waals surface area (Å²) >= 11 is 0. The molecule has 2 aromatic heterocycles. The molecule has 1 aromatic carbocycles. The van der Waals surface area contributed by atoms with Gasteiger partial charge in [-0.1, -0.05) is 30.3 Å². The van der Waals surface area contributed by atoms with Gasteiger partial charge in [0.1, 0.15) is 0 Å². The highest BCUT2D eigenvalue weighted by Gasteiger charge is 2.30. The minimum absolute atomic E-state index is 0.306. The summed E-state index contributed by atoms with van der Waals surface area (Å²) in [4.78, 5) is 30.1. The number of aryl methyl sites for hydroxylation is 1. The lowest BCUT2D eigenvalue weighted by molar-refractivity contribution is -0.147. The van der Waals surface area contributed by atoms with Gasteiger partial charge in [0.05, 0.1) is 19.5 Å². The molecule has 0 unspecified atom stereocenters. The van der Waals surface area contributed by atoms with Crippen LogP contribution in [0.5, 0.6) is 0 Å². The molecule has 0 saturated carbocycles. The molecule has 0 bridgehead atoms. The third kappa shape index (κ3) is 3.41. The summed E-state index contributed by atoms with van der Waals surface area (Å²) in [5.74, 6) is -0.631. The minimum atomic E-state index is -0.631. The van der Waals surface area contributed by atoms with Crippen molar-refractivity contribution in [1.29, 1.82) is 0 Å². The number of aromatic nitrogens is 4. The standard InChI is InChI=1S/C20H24N4O4/c1-20(27-11-12-28-20)9-6-10-24-18(25)16-17(22(2)19(24)26)21-14-23(16)13-15-7-4-3-5-8-15/h3-5,7-8,14H,6,9-13H2,1-2H3. The van der Waals surface area contributed by atoms with Gasteiger partial charge in [0.15, 0.2) is 17.0 Å². The molecule has 1 saturated heterocycles. The zero-order valence-corrected chi connectivity index (χ0v) is 16.1. The molecule has 1 aliphatic heterocycles. The third-order valence-electron chi connectivity index (χ3n) is 5.21. The smallest absolute Gasteiger partial charge is 0.332 e. The van der Waals surface area contributed by atoms with Crippen molar-refractivity contribution in [2.45, 2.75) is 38.6 Å². The molecule has 148 valence electrons. The van der Waals surface area contributed by atoms with Gasteiger partial charge in [0.2, 0.25) is 0 Å². The van der Waals surface area contributed by atoms with E-state index in [-0.39, 0.29) is 11.2 Å². The van der Waals surface area contributed by atoms with Crippen LogP contribution in [0.25, 0.3) is 11.2 Å². The van der Waals surface area contributed by atoms with Gasteiger partial charge in [-0.3, -0.25) is 13.9 Å². The molecule has 28 heavy (non-hydrogen) atoms. The van der Waals surface area contributed by atoms with E-state index < -0.39 is 5.79 Å². The SMILES string of the molecule is Cn1c(=O)n(CCCC2(C)OCCO2)c(=O)c2c1ncn2Cc1ccccc1. The van der Waals surface area contributed by atoms with Crippen molar-refractivity contribution in [2.24, 2.45) is 7.05 Å². The second kappa shape index (κ2) is 7.37. The van der Waals surface area contributed by atoms with Crippen LogP contribution in [-0.4, -0.2) is 37.7 Å². The second-order valence-corrected chi connectivity index (χ2v) is 7.26. The highest BCUT2D eigenvalue weighted by molar-refractivity contribution is 5.70. The van der Waals surface area contributed by atoms with E-state index in [0.29, 0.717) is 50.3 Å². The maximum absolute atomic E-state index is 13.1. The number of nitrogens with zero attached hydrogens (tertiary/aromatic N) is 4. The van der Waals surface area contributed by atoms with Crippen molar-refractivity contribution in [3.05, 3.63) is 63.1 Å². The van der Waals surface area contributed by atoms with Gasteiger partial charge in [-0.25, -0.2) is 9.78 Å². The lowest BCUT2D eigenvalue weighted by Gasteiger charge is -2.22. The molecule has 0 atom stereocenters. The first-order valence-electron chi connectivity index (χ1n) is 9.45. The summed E-state index contributed by atoms with van der Waals surface area (Å²) in [5, 5.41) is 0. The fraction of sp³-hybridized carbons (Fsp3) is 0.450. The minimum Gasteiger partial charge on any atom is -0.348 e. The molecule has 4 rings (SSSR count). The van der Waals surface area contributed by atoms with Crippen LogP contribution in [0.4, 0.5) is 0 Å². The topological polar surface area (TPSA) is 80.3 Å². The Bertz CT molecular complexity index is 1090. The molecule has 3 aromatic rings. The van der Waals surface area contributed by atoms with Crippen LogP contribution < -0.4 is 11.2 Å². The summed E-state index contributed by atoms with van der Waals surface area (Å²) in [6, 6.07) is 9.85. The maximum atomic E-state index is 13.1. The Morgan fingerprint density at radius 3 is 2.57 bits per heavy atom. The lowest BCUT2D eigenvalue weighted by Crippen LogP contribution is -2.40. The van der Waals surface area contributed by atoms with Crippen molar-refractivity contribution in [3.63, 3.8) is 0 Å². The summed E-state index contributed by atoms with van der Waals surface area (Å²) in [5.41, 5.74) is 1.22. The number of rotatable bonds is 6. The fourth-order valence-corrected chi connectivity index (χ4v) is 3.68. The Morgan fingerprint density at radius 1 is 1.14 bits per heavy atom. The maximum Gasteiger partial charge on any atom is 0.332 e. The summed E-state index contributed by atoms with van der Waals surface area (Å²) in [6.07, 6.45) is 2.83. The van der Waals surface area contributed by atoms with Crippen molar-refractivity contribution in [3.8, 4) is 0 Å². The van der Waals surface area contributed by atoms with Gasteiger partial charge in [-0.2, -0.15) is 0 Å². The van der Waals surface area contributed by atoms with Crippen molar-refractivity contribution >= 4 is 11.2 Å². The molecule has 1 aliphatic rings. The number of ether oxygens (including phenoxy) is 2. The van der Waals surface area contributed by atoms with Crippen molar-refractivity contribution in [1.82, 2.24) is 18.7 Å². The number of hydrogen-bond donors (Lipinski definition) is 0. The van der Waals surface area contributed by atoms with Gasteiger partial charge in [-0.15, -0.1) is 0 Å². The van der Waals surface area contributed by atoms with Gasteiger partial charge < -0.3 is 14.0 Å². The average Bonchev–Trinajstić information content (AvgIpc) is 3.31. The Morgan fingerprint density at radius 2 is 1.86 bits per heavy atom. The predicted molar refractivity (Wildman–Crippen MR) is 104 cm³/mol. The Labute approximate surface area is 161 Å². The average molecular weight is 384 g/mol. The second-order valence-electron chi connectivity index (χ2n) is 7.26. The predicted octanol–water partition coefficient (Wildman–Crippen LogP) is 1.49. The Kier molecular flexibility index (Phi) is 4.91. The van der Waals surface area contributed by atoms with Crippen LogP contribution in [0.15, 0.2) is 46.2 Å². The van der Waals surface area contributed by atoms with Crippen LogP contribution in [0.2, 0.25) is 0 Å². The molecule has 3 heterocycles. The first kappa shape index (κ1) is 18.6. The molecule has 0 N–H and O–H groups in total. The molecular formula is C20H24N4O4. The Balaban J connectivity index is 1.66. The van der Waals surface area contributed by atoms with Crippen LogP contribution in [0, 0.1) is 0 Å². The third-order valence-corrected chi connectivity index (χ3v) is 5.21. The number of benzene rings is 1. The fourth-order valence-electron chi connectivity index (χ4n) is 3.68. The van der Waals surface area contributed by atoms with E-state index in [0.717, 1.165) is 5.56 Å². The van der Waals surface area contributed by atoms with Crippen LogP contribution in [0.1, 0.15) is 25.3 Å². The molecule has 0 spiro atoms. The lowest BCUT2D eigenvalue weighted by atomic mass is 10.1. The van der Waals surface area contributed by atoms with Gasteiger partial charge in [0.25, 0.3) is 5.56 Å². The summed E-state index contributed by atoms with van der Waals surface area (Å²) in [7, 11) is 1.64. The van der Waals surface area contributed by atoms with Crippen molar-refractivity contribution < 1.29 is 9.47 Å². The molecular weight excluding hydrogens is 360 g/mol. The monoisotopic (exact) mass is 384 g/mol. The first-order chi connectivity index (χ1) is 13.5. The summed E-state index contributed by atoms with van der Waals surface area (Å²) in [6.45, 7) is 3.86. The van der Waals surface area contributed by atoms with E-state index in [1.165, 1.54) is 9.13 Å². The van der Waals surface area contributed by atoms with Gasteiger partial charge >= 0.3 is 5.69 Å². The van der Waals surface area contributed by atoms with E-state index in [2.05, 4.69) is 4.98 Å². The molecule has 0 amide bonds. The first-order valence-corrected chi connectivity index (χ1v) is 9.45. The normalized spacial score (nSPS) is 16.1. The van der Waals surface area contributed by atoms with Crippen LogP contribution in [0.3, 0.4) is 0 Å². The van der Waals surface area contributed by atoms with Crippen molar-refractivity contribution in [2.75, 3.05) is 13.2 Å². The largest absolute Gasteiger partial charge is 0.348 e. The molecule has 0 aliphatic carbocycles. The number of fused-ring (bicyclic) bond motifs is 1. The van der Waals surface area contributed by atoms with E-state index in [1.54, 1.807) is 17.9 Å². The van der Waals surface area contributed by atoms with E-state index in [4.69, 9.17) is 9.47 Å². The van der Waals surface area contributed by atoms with E-state index in [1.807, 2.05) is 37.3 Å². The molecule has 0 radical (unpaired) electrons. The van der Waals surface area contributed by atoms with E-state index in [9.17, 15) is 9.59 Å². The Hall–Kier alpha value is -2.71. The van der Waals surface area contributed by atoms with Gasteiger partial charge in [-0.05, 0) is 18.9 Å². The highest BCUT2D eigenvalue weighted by atomic mass is 16.7. The summed E-state index contributed by atoms with van der Waals surface area (Å²) < 4.78 is 15.7. The van der Waals surface area contributed by atoms with Gasteiger partial charge in [0, 0.05) is 26.6 Å². The molecule has 1 fully saturated rings. The zero-order valence-electron chi connectivity index (χ0n) is 16.1. The molecule has 8 nitrogen and oxygen atoms in total. The van der Waals surface area contributed by atoms with Crippen LogP contribution >= 0.6 is 0 Å². The number of hydrogen-bond acceptors (Lipinski definition) is 5. The highest BCUT2D eigenvalue weighted by Crippen LogP contribution is 2.24.